The Morgan fingerprint density at radius 1 is 0.805 bits per heavy atom. The average molecular weight is 556 g/mol. The number of alkyl halides is 3. The Kier molecular flexibility index (Phi) is 7.05. The van der Waals surface area contributed by atoms with Crippen LogP contribution in [0.15, 0.2) is 97.1 Å². The highest BCUT2D eigenvalue weighted by molar-refractivity contribution is 5.93. The van der Waals surface area contributed by atoms with Crippen molar-refractivity contribution in [3.63, 3.8) is 0 Å². The number of hydrogen-bond donors (Lipinski definition) is 0. The largest absolute Gasteiger partial charge is 0.433 e. The lowest BCUT2D eigenvalue weighted by molar-refractivity contribution is -0.142. The van der Waals surface area contributed by atoms with Gasteiger partial charge < -0.3 is 4.90 Å². The maximum absolute atomic E-state index is 14.1. The van der Waals surface area contributed by atoms with Gasteiger partial charge in [-0.05, 0) is 24.1 Å². The summed E-state index contributed by atoms with van der Waals surface area (Å²) in [5, 5.41) is 4.08. The van der Waals surface area contributed by atoms with Crippen LogP contribution < -0.4 is 0 Å². The van der Waals surface area contributed by atoms with Crippen LogP contribution in [-0.4, -0.2) is 56.5 Å². The molecule has 0 aliphatic carbocycles. The Labute approximate surface area is 235 Å². The summed E-state index contributed by atoms with van der Waals surface area (Å²) in [6.07, 6.45) is -4.68. The van der Waals surface area contributed by atoms with Crippen LogP contribution in [0.4, 0.5) is 13.2 Å². The molecule has 6 nitrogen and oxygen atoms in total. The van der Waals surface area contributed by atoms with Gasteiger partial charge >= 0.3 is 6.18 Å². The third kappa shape index (κ3) is 5.45. The van der Waals surface area contributed by atoms with E-state index >= 15 is 0 Å². The number of aromatic nitrogens is 3. The summed E-state index contributed by atoms with van der Waals surface area (Å²) in [6.45, 7) is 3.97. The Balaban J connectivity index is 1.26. The average Bonchev–Trinajstić information content (AvgIpc) is 3.42. The molecule has 1 aliphatic heterocycles. The van der Waals surface area contributed by atoms with Gasteiger partial charge in [-0.2, -0.15) is 18.3 Å². The van der Waals surface area contributed by atoms with E-state index in [4.69, 9.17) is 0 Å². The molecule has 1 aliphatic rings. The van der Waals surface area contributed by atoms with Crippen molar-refractivity contribution in [3.8, 4) is 11.3 Å². The van der Waals surface area contributed by atoms with Crippen molar-refractivity contribution < 1.29 is 18.0 Å². The van der Waals surface area contributed by atoms with Crippen LogP contribution in [0.25, 0.3) is 16.9 Å². The number of aryl methyl sites for hydroxylation is 1. The highest BCUT2D eigenvalue weighted by atomic mass is 19.4. The van der Waals surface area contributed by atoms with E-state index in [2.05, 4.69) is 39.2 Å². The van der Waals surface area contributed by atoms with E-state index in [0.29, 0.717) is 31.7 Å². The fraction of sp³-hybridized carbons (Fsp3) is 0.219. The number of carbonyl (C=O) groups excluding carboxylic acids is 1. The van der Waals surface area contributed by atoms with Gasteiger partial charge in [-0.1, -0.05) is 90.5 Å². The Bertz CT molecular complexity index is 1620. The predicted molar refractivity (Wildman–Crippen MR) is 150 cm³/mol. The molecule has 0 spiro atoms. The third-order valence-corrected chi connectivity index (χ3v) is 7.48. The van der Waals surface area contributed by atoms with E-state index in [1.54, 1.807) is 17.0 Å². The standard InChI is InChI=1S/C32H28F3N5O/c1-22-12-14-23(15-13-22)26-20-28(32(33,34)35)40-29(36-26)21-27(37-40)31(41)39-18-16-38(17-19-39)30(24-8-4-2-5-9-24)25-10-6-3-7-11-25/h2-15,20-21,30H,16-19H2,1H3. The van der Waals surface area contributed by atoms with Gasteiger partial charge in [0.1, 0.15) is 0 Å². The second kappa shape index (κ2) is 10.8. The highest BCUT2D eigenvalue weighted by Crippen LogP contribution is 2.33. The first kappa shape index (κ1) is 26.7. The summed E-state index contributed by atoms with van der Waals surface area (Å²) in [6, 6.07) is 29.9. The van der Waals surface area contributed by atoms with Crippen LogP contribution >= 0.6 is 0 Å². The minimum absolute atomic E-state index is 0.0226. The lowest BCUT2D eigenvalue weighted by Crippen LogP contribution is -2.50. The van der Waals surface area contributed by atoms with Crippen molar-refractivity contribution in [1.29, 1.82) is 0 Å². The minimum Gasteiger partial charge on any atom is -0.335 e. The molecule has 3 heterocycles. The molecule has 0 N–H and O–H groups in total. The first-order valence-electron chi connectivity index (χ1n) is 13.5. The van der Waals surface area contributed by atoms with E-state index in [-0.39, 0.29) is 23.1 Å². The fourth-order valence-corrected chi connectivity index (χ4v) is 5.38. The molecule has 0 bridgehead atoms. The molecule has 0 saturated carbocycles. The Morgan fingerprint density at radius 3 is 1.95 bits per heavy atom. The summed E-state index contributed by atoms with van der Waals surface area (Å²) < 4.78 is 42.9. The predicted octanol–water partition coefficient (Wildman–Crippen LogP) is 6.27. The van der Waals surface area contributed by atoms with Crippen LogP contribution in [0, 0.1) is 6.92 Å². The van der Waals surface area contributed by atoms with E-state index < -0.39 is 17.8 Å². The number of nitrogens with zero attached hydrogens (tertiary/aromatic N) is 5. The number of benzene rings is 3. The molecular weight excluding hydrogens is 527 g/mol. The summed E-state index contributed by atoms with van der Waals surface area (Å²) in [5.41, 5.74) is 2.98. The highest BCUT2D eigenvalue weighted by Gasteiger charge is 2.36. The maximum Gasteiger partial charge on any atom is 0.433 e. The zero-order valence-electron chi connectivity index (χ0n) is 22.4. The number of rotatable bonds is 5. The first-order chi connectivity index (χ1) is 19.8. The molecule has 208 valence electrons. The summed E-state index contributed by atoms with van der Waals surface area (Å²) in [7, 11) is 0. The SMILES string of the molecule is Cc1ccc(-c2cc(C(F)(F)F)n3nc(C(=O)N4CCN(C(c5ccccc5)c5ccccc5)CC4)cc3n2)cc1. The summed E-state index contributed by atoms with van der Waals surface area (Å²) in [4.78, 5) is 21.9. The molecule has 6 rings (SSSR count). The van der Waals surface area contributed by atoms with Gasteiger partial charge in [-0.15, -0.1) is 0 Å². The molecule has 5 aromatic rings. The molecule has 9 heteroatoms. The van der Waals surface area contributed by atoms with Crippen molar-refractivity contribution in [2.24, 2.45) is 0 Å². The second-order valence-corrected chi connectivity index (χ2v) is 10.2. The van der Waals surface area contributed by atoms with Gasteiger partial charge in [0.05, 0.1) is 11.7 Å². The van der Waals surface area contributed by atoms with Gasteiger partial charge in [0, 0.05) is 37.8 Å². The second-order valence-electron chi connectivity index (χ2n) is 10.2. The van der Waals surface area contributed by atoms with Crippen LogP contribution in [0.5, 0.6) is 0 Å². The van der Waals surface area contributed by atoms with Gasteiger partial charge in [0.15, 0.2) is 17.0 Å². The smallest absolute Gasteiger partial charge is 0.335 e. The molecule has 0 atom stereocenters. The fourth-order valence-electron chi connectivity index (χ4n) is 5.38. The zero-order valence-corrected chi connectivity index (χ0v) is 22.4. The van der Waals surface area contributed by atoms with Gasteiger partial charge in [-0.25, -0.2) is 9.50 Å². The van der Waals surface area contributed by atoms with E-state index in [0.717, 1.165) is 27.3 Å². The number of halogens is 3. The number of hydrogen-bond acceptors (Lipinski definition) is 4. The Hall–Kier alpha value is -4.50. The first-order valence-corrected chi connectivity index (χ1v) is 13.5. The third-order valence-electron chi connectivity index (χ3n) is 7.48. The molecule has 1 fully saturated rings. The molecule has 2 aromatic heterocycles. The van der Waals surface area contributed by atoms with Crippen molar-refractivity contribution in [3.05, 3.63) is 125 Å². The van der Waals surface area contributed by atoms with E-state index in [1.165, 1.54) is 6.07 Å². The number of fused-ring (bicyclic) bond motifs is 1. The zero-order chi connectivity index (χ0) is 28.6. The lowest BCUT2D eigenvalue weighted by atomic mass is 9.96. The maximum atomic E-state index is 14.1. The quantitative estimate of drug-likeness (QED) is 0.257. The molecule has 0 unspecified atom stereocenters. The topological polar surface area (TPSA) is 53.7 Å². The molecule has 1 saturated heterocycles. The Morgan fingerprint density at radius 2 is 1.39 bits per heavy atom. The van der Waals surface area contributed by atoms with Gasteiger partial charge in [-0.3, -0.25) is 9.69 Å². The van der Waals surface area contributed by atoms with Gasteiger partial charge in [0.2, 0.25) is 0 Å². The monoisotopic (exact) mass is 555 g/mol. The normalized spacial score (nSPS) is 14.6. The number of amides is 1. The number of carbonyl (C=O) groups is 1. The van der Waals surface area contributed by atoms with Crippen LogP contribution in [0.1, 0.15) is 38.9 Å². The number of piperazine rings is 1. The lowest BCUT2D eigenvalue weighted by Gasteiger charge is -2.39. The van der Waals surface area contributed by atoms with Crippen LogP contribution in [0.3, 0.4) is 0 Å². The molecule has 1 amide bonds. The van der Waals surface area contributed by atoms with Crippen molar-refractivity contribution in [2.45, 2.75) is 19.1 Å². The van der Waals surface area contributed by atoms with E-state index in [1.807, 2.05) is 55.5 Å². The van der Waals surface area contributed by atoms with Crippen molar-refractivity contribution >= 4 is 11.6 Å². The minimum atomic E-state index is -4.68. The molecule has 3 aromatic carbocycles. The molecule has 0 radical (unpaired) electrons. The van der Waals surface area contributed by atoms with E-state index in [9.17, 15) is 18.0 Å². The van der Waals surface area contributed by atoms with Crippen LogP contribution in [0.2, 0.25) is 0 Å². The molecule has 41 heavy (non-hydrogen) atoms. The molecular formula is C32H28F3N5O. The van der Waals surface area contributed by atoms with Gasteiger partial charge in [0.25, 0.3) is 5.91 Å². The van der Waals surface area contributed by atoms with Crippen molar-refractivity contribution in [2.75, 3.05) is 26.2 Å². The summed E-state index contributed by atoms with van der Waals surface area (Å²) in [5.74, 6) is -0.406. The van der Waals surface area contributed by atoms with Crippen LogP contribution in [-0.2, 0) is 6.18 Å². The van der Waals surface area contributed by atoms with Crippen molar-refractivity contribution in [1.82, 2.24) is 24.4 Å². The summed E-state index contributed by atoms with van der Waals surface area (Å²) >= 11 is 0.